The summed E-state index contributed by atoms with van der Waals surface area (Å²) in [7, 11) is 0. The lowest BCUT2D eigenvalue weighted by molar-refractivity contribution is 0.909. The molecule has 2 aromatic rings. The normalized spacial score (nSPS) is 18.4. The zero-order valence-corrected chi connectivity index (χ0v) is 7.57. The summed E-state index contributed by atoms with van der Waals surface area (Å²) >= 11 is 0. The monoisotopic (exact) mass is 169 g/mol. The fourth-order valence-corrected chi connectivity index (χ4v) is 2.20. The van der Waals surface area contributed by atoms with Crippen LogP contribution in [0.2, 0.25) is 0 Å². The first-order chi connectivity index (χ1) is 6.38. The van der Waals surface area contributed by atoms with Crippen molar-refractivity contribution >= 4 is 0 Å². The van der Waals surface area contributed by atoms with Gasteiger partial charge in [-0.2, -0.15) is 0 Å². The van der Waals surface area contributed by atoms with Crippen molar-refractivity contribution in [3.05, 3.63) is 53.9 Å². The first-order valence-corrected chi connectivity index (χ1v) is 4.64. The topological polar surface area (TPSA) is 4.93 Å². The predicted molar refractivity (Wildman–Crippen MR) is 53.3 cm³/mol. The molecule has 0 aliphatic carbocycles. The highest BCUT2D eigenvalue weighted by molar-refractivity contribution is 5.53. The van der Waals surface area contributed by atoms with Crippen LogP contribution in [0.1, 0.15) is 24.1 Å². The van der Waals surface area contributed by atoms with Gasteiger partial charge in [0.2, 0.25) is 0 Å². The van der Waals surface area contributed by atoms with Gasteiger partial charge >= 0.3 is 0 Å². The molecule has 0 saturated heterocycles. The largest absolute Gasteiger partial charge is 0.320 e. The van der Waals surface area contributed by atoms with Gasteiger partial charge in [-0.3, -0.25) is 0 Å². The molecule has 1 heteroatoms. The van der Waals surface area contributed by atoms with E-state index in [9.17, 15) is 0 Å². The Bertz CT molecular complexity index is 454. The quantitative estimate of drug-likeness (QED) is 0.571. The number of nitrogens with zero attached hydrogens (tertiary/aromatic N) is 1. The lowest BCUT2D eigenvalue weighted by atomic mass is 10.0. The maximum atomic E-state index is 2.28. The van der Waals surface area contributed by atoms with Crippen LogP contribution in [0.25, 0.3) is 5.69 Å². The predicted octanol–water partition coefficient (Wildman–Crippen LogP) is 2.94. The Balaban J connectivity index is 2.37. The average Bonchev–Trinajstić information content (AvgIpc) is 2.72. The van der Waals surface area contributed by atoms with E-state index in [1.165, 1.54) is 16.9 Å². The number of fused-ring (bicyclic) bond motifs is 3. The number of hydrogen-bond acceptors (Lipinski definition) is 0. The van der Waals surface area contributed by atoms with Crippen LogP contribution < -0.4 is 0 Å². The van der Waals surface area contributed by atoms with Crippen LogP contribution in [-0.2, 0) is 0 Å². The van der Waals surface area contributed by atoms with E-state index in [4.69, 9.17) is 0 Å². The summed E-state index contributed by atoms with van der Waals surface area (Å²) in [4.78, 5) is 0. The minimum Gasteiger partial charge on any atom is -0.320 e. The van der Waals surface area contributed by atoms with Crippen LogP contribution in [0.3, 0.4) is 0 Å². The molecule has 13 heavy (non-hydrogen) atoms. The van der Waals surface area contributed by atoms with Crippen molar-refractivity contribution in [2.75, 3.05) is 0 Å². The number of rotatable bonds is 0. The van der Waals surface area contributed by atoms with Crippen molar-refractivity contribution in [3.63, 3.8) is 0 Å². The molecular weight excluding hydrogens is 158 g/mol. The maximum Gasteiger partial charge on any atom is 0.0491 e. The Morgan fingerprint density at radius 1 is 1.08 bits per heavy atom. The fourth-order valence-electron chi connectivity index (χ4n) is 2.20. The second-order valence-corrected chi connectivity index (χ2v) is 3.58. The second-order valence-electron chi connectivity index (χ2n) is 3.58. The number of hydrogen-bond donors (Lipinski definition) is 0. The van der Waals surface area contributed by atoms with Crippen LogP contribution in [0.4, 0.5) is 0 Å². The van der Waals surface area contributed by atoms with E-state index in [2.05, 4.69) is 54.1 Å². The molecular formula is C12H11N. The van der Waals surface area contributed by atoms with E-state index in [0.29, 0.717) is 5.92 Å². The van der Waals surface area contributed by atoms with Gasteiger partial charge in [0, 0.05) is 23.5 Å². The molecule has 0 spiro atoms. The summed E-state index contributed by atoms with van der Waals surface area (Å²) in [6, 6.07) is 12.9. The fraction of sp³-hybridized carbons (Fsp3) is 0.167. The molecule has 0 radical (unpaired) electrons. The van der Waals surface area contributed by atoms with E-state index < -0.39 is 0 Å². The molecule has 0 saturated carbocycles. The third kappa shape index (κ3) is 0.765. The minimum absolute atomic E-state index is 0.547. The lowest BCUT2D eigenvalue weighted by Crippen LogP contribution is -1.88. The van der Waals surface area contributed by atoms with Crippen molar-refractivity contribution in [1.29, 1.82) is 0 Å². The molecule has 1 aromatic carbocycles. The molecule has 0 N–H and O–H groups in total. The van der Waals surface area contributed by atoms with E-state index in [0.717, 1.165) is 0 Å². The van der Waals surface area contributed by atoms with E-state index in [1.54, 1.807) is 0 Å². The van der Waals surface area contributed by atoms with Gasteiger partial charge in [0.1, 0.15) is 0 Å². The third-order valence-electron chi connectivity index (χ3n) is 2.89. The maximum absolute atomic E-state index is 2.28. The Hall–Kier alpha value is -1.50. The molecule has 1 atom stereocenters. The summed E-state index contributed by atoms with van der Waals surface area (Å²) in [6.45, 7) is 2.26. The molecule has 64 valence electrons. The zero-order valence-electron chi connectivity index (χ0n) is 7.57. The van der Waals surface area contributed by atoms with E-state index in [1.807, 2.05) is 0 Å². The molecule has 0 fully saturated rings. The summed E-state index contributed by atoms with van der Waals surface area (Å²) in [5, 5.41) is 0. The first-order valence-electron chi connectivity index (χ1n) is 4.64. The summed E-state index contributed by atoms with van der Waals surface area (Å²) in [5.74, 6) is 0.547. The highest BCUT2D eigenvalue weighted by Crippen LogP contribution is 2.36. The molecule has 2 heterocycles. The van der Waals surface area contributed by atoms with Crippen LogP contribution >= 0.6 is 0 Å². The van der Waals surface area contributed by atoms with Crippen LogP contribution in [0.15, 0.2) is 42.6 Å². The van der Waals surface area contributed by atoms with Gasteiger partial charge in [0.05, 0.1) is 0 Å². The average molecular weight is 169 g/mol. The second kappa shape index (κ2) is 2.25. The molecule has 1 aliphatic heterocycles. The Labute approximate surface area is 77.6 Å². The van der Waals surface area contributed by atoms with Crippen LogP contribution in [-0.4, -0.2) is 4.57 Å². The van der Waals surface area contributed by atoms with E-state index >= 15 is 0 Å². The van der Waals surface area contributed by atoms with Crippen LogP contribution in [0.5, 0.6) is 0 Å². The van der Waals surface area contributed by atoms with Crippen molar-refractivity contribution < 1.29 is 0 Å². The SMILES string of the molecule is CC1c2ccccc2-n2cccc21. The first kappa shape index (κ1) is 6.96. The summed E-state index contributed by atoms with van der Waals surface area (Å²) < 4.78 is 2.28. The summed E-state index contributed by atoms with van der Waals surface area (Å²) in [6.07, 6.45) is 2.14. The number of benzene rings is 1. The Morgan fingerprint density at radius 3 is 2.85 bits per heavy atom. The highest BCUT2D eigenvalue weighted by atomic mass is 15.0. The van der Waals surface area contributed by atoms with Gasteiger partial charge in [-0.05, 0) is 23.8 Å². The van der Waals surface area contributed by atoms with Crippen molar-refractivity contribution in [2.24, 2.45) is 0 Å². The molecule has 3 rings (SSSR count). The van der Waals surface area contributed by atoms with Crippen molar-refractivity contribution in [2.45, 2.75) is 12.8 Å². The zero-order chi connectivity index (χ0) is 8.84. The molecule has 0 bridgehead atoms. The number of aromatic nitrogens is 1. The summed E-state index contributed by atoms with van der Waals surface area (Å²) in [5.41, 5.74) is 4.19. The Morgan fingerprint density at radius 2 is 1.92 bits per heavy atom. The van der Waals surface area contributed by atoms with Gasteiger partial charge in [-0.25, -0.2) is 0 Å². The lowest BCUT2D eigenvalue weighted by Gasteiger charge is -2.01. The van der Waals surface area contributed by atoms with Crippen LogP contribution in [0, 0.1) is 0 Å². The van der Waals surface area contributed by atoms with Gasteiger partial charge in [0.15, 0.2) is 0 Å². The van der Waals surface area contributed by atoms with Gasteiger partial charge < -0.3 is 4.57 Å². The van der Waals surface area contributed by atoms with Gasteiger partial charge in [-0.1, -0.05) is 25.1 Å². The Kier molecular flexibility index (Phi) is 1.21. The standard InChI is InChI=1S/C12H11N/c1-9-10-5-2-3-6-12(10)13-8-4-7-11(9)13/h2-9H,1H3. The molecule has 1 aliphatic rings. The van der Waals surface area contributed by atoms with Crippen molar-refractivity contribution in [1.82, 2.24) is 4.57 Å². The highest BCUT2D eigenvalue weighted by Gasteiger charge is 2.23. The molecule has 1 nitrogen and oxygen atoms in total. The van der Waals surface area contributed by atoms with E-state index in [-0.39, 0.29) is 0 Å². The minimum atomic E-state index is 0.547. The number of para-hydroxylation sites is 1. The third-order valence-corrected chi connectivity index (χ3v) is 2.89. The van der Waals surface area contributed by atoms with Gasteiger partial charge in [-0.15, -0.1) is 0 Å². The molecule has 1 aromatic heterocycles. The van der Waals surface area contributed by atoms with Gasteiger partial charge in [0.25, 0.3) is 0 Å². The van der Waals surface area contributed by atoms with Crippen molar-refractivity contribution in [3.8, 4) is 5.69 Å². The molecule has 1 unspecified atom stereocenters. The molecule has 0 amide bonds. The smallest absolute Gasteiger partial charge is 0.0491 e.